The van der Waals surface area contributed by atoms with Crippen LogP contribution in [0.1, 0.15) is 467 Å². The summed E-state index contributed by atoms with van der Waals surface area (Å²) in [5.41, 5.74) is 56.5. The molecule has 0 spiro atoms. The molecule has 0 unspecified atom stereocenters. The number of rotatable bonds is 6. The number of hydrogen-bond donors (Lipinski definition) is 0. The Hall–Kier alpha value is -8.27. The van der Waals surface area contributed by atoms with Gasteiger partial charge in [0, 0.05) is 0 Å². The van der Waals surface area contributed by atoms with Crippen LogP contribution in [0.2, 0.25) is 10.5 Å². The van der Waals surface area contributed by atoms with E-state index in [-0.39, 0.29) is 88.7 Å². The van der Waals surface area contributed by atoms with Crippen LogP contribution in [0.3, 0.4) is 0 Å². The molecule has 0 radical (unpaired) electrons. The average molecular weight is 1850 g/mol. The summed E-state index contributed by atoms with van der Waals surface area (Å²) >= 11 is -7.73. The van der Waals surface area contributed by atoms with Crippen molar-refractivity contribution in [3.8, 4) is 0 Å². The SMILES string of the molecule is CC1(C)CCC(C)(C)c2cc3c(cc21)C1c2cc4c(cc2C3([CH2]/[Ge](=[Ge](\[CH2]C23c5cc6c(cc5C(c5cc7c(cc52)C(C)(C)CCC7(C)C)c2cc5c(cc23)C(C)(C)CCC5(C)C)C(C)(C)CCC6(C)C)[C]23c5ccccc5C(c5ccccc52)c2ccccc23)[C]23c5ccccc5C(c5ccccc52)c2ccccc23)c2cc3c(cc21)C(C)(C)CCC3(C)C)C(C)(C)CCC4(C)C. The predicted octanol–water partition coefficient (Wildman–Crippen LogP) is 31.6. The molecule has 8 bridgehead atoms. The molecule has 0 heterocycles. The van der Waals surface area contributed by atoms with E-state index in [9.17, 15) is 0 Å². The van der Waals surface area contributed by atoms with Crippen LogP contribution in [-0.2, 0) is 84.3 Å². The third kappa shape index (κ3) is 10.4. The second-order valence-electron chi connectivity index (χ2n) is 53.4. The molecule has 30 rings (SSSR count). The molecule has 0 nitrogen and oxygen atoms in total. The Balaban J connectivity index is 0.958. The monoisotopic (exact) mass is 1850 g/mol. The first kappa shape index (κ1) is 84.2. The Kier molecular flexibility index (Phi) is 16.7. The van der Waals surface area contributed by atoms with Gasteiger partial charge in [0.15, 0.2) is 0 Å². The molecule has 18 aliphatic carbocycles. The molecule has 0 aliphatic heterocycles. The van der Waals surface area contributed by atoms with Crippen molar-refractivity contribution in [1.29, 1.82) is 0 Å². The molecular formula is C130H140Ge2. The molecule has 668 valence electrons. The molecule has 18 aliphatic rings. The summed E-state index contributed by atoms with van der Waals surface area (Å²) in [5.74, 6) is 0.294. The van der Waals surface area contributed by atoms with E-state index in [0.717, 1.165) is 49.0 Å². The van der Waals surface area contributed by atoms with Crippen molar-refractivity contribution < 1.29 is 0 Å². The molecule has 0 saturated heterocycles. The van der Waals surface area contributed by atoms with Gasteiger partial charge in [0.25, 0.3) is 0 Å². The fraction of sp³-hybridized carbons (Fsp3) is 0.446. The quantitative estimate of drug-likeness (QED) is 0.146. The Labute approximate surface area is 797 Å². The third-order valence-corrected chi connectivity index (χ3v) is 73.4. The second-order valence-corrected chi connectivity index (χ2v) is 75.2. The van der Waals surface area contributed by atoms with Crippen LogP contribution in [0.4, 0.5) is 0 Å². The van der Waals surface area contributed by atoms with Crippen molar-refractivity contribution in [2.24, 2.45) is 0 Å². The van der Waals surface area contributed by atoms with E-state index in [2.05, 4.69) is 385 Å². The van der Waals surface area contributed by atoms with Crippen LogP contribution in [0, 0.1) is 0 Å². The zero-order chi connectivity index (χ0) is 91.6. The van der Waals surface area contributed by atoms with Crippen molar-refractivity contribution in [2.75, 3.05) is 0 Å². The third-order valence-electron chi connectivity index (χ3n) is 41.0. The van der Waals surface area contributed by atoms with Crippen LogP contribution >= 0.6 is 0 Å². The van der Waals surface area contributed by atoms with Crippen LogP contribution < -0.4 is 0 Å². The average Bonchev–Trinajstić information content (AvgIpc) is 0.650. The maximum absolute atomic E-state index is 3.86. The first-order chi connectivity index (χ1) is 62.3. The predicted molar refractivity (Wildman–Crippen MR) is 553 cm³/mol. The van der Waals surface area contributed by atoms with E-state index in [1.54, 1.807) is 200 Å². The molecule has 2 heteroatoms. The Morgan fingerprint density at radius 3 is 0.439 bits per heavy atom. The van der Waals surface area contributed by atoms with Crippen molar-refractivity contribution in [3.63, 3.8) is 0 Å². The number of benzene rings is 12. The van der Waals surface area contributed by atoms with Gasteiger partial charge in [-0.2, -0.15) is 0 Å². The van der Waals surface area contributed by atoms with Gasteiger partial charge in [-0.1, -0.05) is 0 Å². The summed E-state index contributed by atoms with van der Waals surface area (Å²) in [6, 6.07) is 99.8. The minimum absolute atomic E-state index is 0.0264. The van der Waals surface area contributed by atoms with Crippen LogP contribution in [0.5, 0.6) is 0 Å². The van der Waals surface area contributed by atoms with E-state index in [0.29, 0.717) is 0 Å². The standard InChI is InChI=1S/C130H140Ge2/c1-115(2)49-55-121(13,14)105-67-93-81(61-99(105)115)113-82-62-100-106(122(15,16)56-50-116(100,3)4)68-94(82)127(93,95-69-107-101(63-83(95)113)117(5,6)51-57-123(107,17)18)73-131(129-87-43-31-25-37-75(87)111(76-38-26-32-44-88(76)129)77-39-27-33-45-89(77)129)132(130-90-46-34-28-40-78(90)112(79-41-29-35-47-91(79)130)80-42-30-36-48-92(80)130)74-128-96-70-108-102(118(7,8)52-58-124(108,19)20)64-84(96)114(85-65-103-109(71-97(85)128)125(21,22)59-53-119(103,9)10)86-66-104-110(72-98(86)128)126(23,24)60-54-120(104,11)12/h25-48,61-72,111-114H,49-60,73-74H2,1-24H3/b132-131-. The molecule has 12 aromatic rings. The Bertz CT molecular complexity index is 6180. The second kappa shape index (κ2) is 26.1. The molecule has 0 atom stereocenters. The molecule has 132 heavy (non-hydrogen) atoms. The van der Waals surface area contributed by atoms with Gasteiger partial charge in [-0.15, -0.1) is 0 Å². The van der Waals surface area contributed by atoms with Gasteiger partial charge in [0.2, 0.25) is 0 Å². The zero-order valence-corrected chi connectivity index (χ0v) is 88.2. The van der Waals surface area contributed by atoms with E-state index in [4.69, 9.17) is 0 Å². The van der Waals surface area contributed by atoms with Gasteiger partial charge in [-0.25, -0.2) is 0 Å². The van der Waals surface area contributed by atoms with Crippen LogP contribution in [-0.4, -0.2) is 23.7 Å². The molecule has 0 N–H and O–H groups in total. The summed E-state index contributed by atoms with van der Waals surface area (Å²) in [7, 11) is 0. The molecule has 0 amide bonds. The summed E-state index contributed by atoms with van der Waals surface area (Å²) in [6.07, 6.45) is 14.0. The fourth-order valence-corrected chi connectivity index (χ4v) is 77.3. The molecule has 0 saturated carbocycles. The van der Waals surface area contributed by atoms with Crippen molar-refractivity contribution >= 4 is 23.7 Å². The molecular weight excluding hydrogens is 1710 g/mol. The Morgan fingerprint density at radius 2 is 0.288 bits per heavy atom. The van der Waals surface area contributed by atoms with Crippen LogP contribution in [0.25, 0.3) is 0 Å². The van der Waals surface area contributed by atoms with Gasteiger partial charge in [-0.3, -0.25) is 0 Å². The molecule has 0 fully saturated rings. The van der Waals surface area contributed by atoms with Gasteiger partial charge < -0.3 is 0 Å². The first-order valence-electron chi connectivity index (χ1n) is 51.8. The summed E-state index contributed by atoms with van der Waals surface area (Å²) < 4.78 is -1.13. The molecule has 0 aromatic heterocycles. The fourth-order valence-electron chi connectivity index (χ4n) is 32.7. The maximum atomic E-state index is 3.08. The van der Waals surface area contributed by atoms with Gasteiger partial charge >= 0.3 is 804 Å². The van der Waals surface area contributed by atoms with Crippen molar-refractivity contribution in [1.82, 2.24) is 0 Å². The van der Waals surface area contributed by atoms with Crippen molar-refractivity contribution in [3.05, 3.63) is 419 Å². The number of fused-ring (bicyclic) bond motifs is 6. The molecule has 12 aromatic carbocycles. The summed E-state index contributed by atoms with van der Waals surface area (Å²) in [5, 5.41) is 2.14. The van der Waals surface area contributed by atoms with E-state index < -0.39 is 43.0 Å². The van der Waals surface area contributed by atoms with Gasteiger partial charge in [0.05, 0.1) is 0 Å². The topological polar surface area (TPSA) is 0 Å². The van der Waals surface area contributed by atoms with Gasteiger partial charge in [0.1, 0.15) is 0 Å². The van der Waals surface area contributed by atoms with Crippen molar-refractivity contribution in [2.45, 2.75) is 362 Å². The van der Waals surface area contributed by atoms with E-state index in [1.165, 1.54) is 38.5 Å². The minimum atomic E-state index is -3.86. The van der Waals surface area contributed by atoms with E-state index in [1.807, 2.05) is 0 Å². The normalized spacial score (nSPS) is 28.4. The first-order valence-corrected chi connectivity index (χ1v) is 63.3. The Morgan fingerprint density at radius 1 is 0.159 bits per heavy atom. The zero-order valence-electron chi connectivity index (χ0n) is 84.0. The number of hydrogen-bond acceptors (Lipinski definition) is 0. The summed E-state index contributed by atoms with van der Waals surface area (Å²) in [6.45, 7) is 63.8. The van der Waals surface area contributed by atoms with E-state index >= 15 is 0 Å². The summed E-state index contributed by atoms with van der Waals surface area (Å²) in [4.78, 5) is 0. The van der Waals surface area contributed by atoms with Crippen LogP contribution in [0.15, 0.2) is 218 Å². The van der Waals surface area contributed by atoms with Gasteiger partial charge in [-0.05, 0) is 0 Å².